The molecule has 4 rings (SSSR count). The first-order valence-corrected chi connectivity index (χ1v) is 10.7. The molecule has 1 unspecified atom stereocenters. The van der Waals surface area contributed by atoms with E-state index in [1.807, 2.05) is 18.3 Å². The summed E-state index contributed by atoms with van der Waals surface area (Å²) >= 11 is 6.28. The van der Waals surface area contributed by atoms with Gasteiger partial charge in [0.25, 0.3) is 0 Å². The number of aliphatic hydroxyl groups excluding tert-OH is 1. The van der Waals surface area contributed by atoms with Crippen LogP contribution in [-0.4, -0.2) is 65.8 Å². The minimum absolute atomic E-state index is 0.252. The molecular weight excluding hydrogens is 390 g/mol. The normalized spacial score (nSPS) is 19.7. The number of H-pyrrole nitrogens is 1. The standard InChI is InChI=1S/C22H28ClN3O3/c23-19-11-18(16-4-9-28-10-5-16)12-21(13-19)29-15-20(27)14-26-7-2-17(3-8-26)22-1-6-24-25-22/h1,4,6,11-13,17,20,27H,2-3,5,7-10,14-15H2,(H,24,25). The number of benzene rings is 1. The van der Waals surface area contributed by atoms with E-state index >= 15 is 0 Å². The predicted molar refractivity (Wildman–Crippen MR) is 113 cm³/mol. The second-order valence-electron chi connectivity index (χ2n) is 7.78. The fourth-order valence-corrected chi connectivity index (χ4v) is 4.31. The van der Waals surface area contributed by atoms with Crippen molar-refractivity contribution in [3.05, 3.63) is 52.8 Å². The summed E-state index contributed by atoms with van der Waals surface area (Å²) in [5, 5.41) is 18.2. The van der Waals surface area contributed by atoms with Gasteiger partial charge in [0.15, 0.2) is 0 Å². The third-order valence-electron chi connectivity index (χ3n) is 5.67. The minimum atomic E-state index is -0.538. The van der Waals surface area contributed by atoms with Crippen molar-refractivity contribution in [1.82, 2.24) is 15.1 Å². The van der Waals surface area contributed by atoms with Crippen LogP contribution in [0, 0.1) is 0 Å². The highest BCUT2D eigenvalue weighted by Crippen LogP contribution is 2.29. The van der Waals surface area contributed by atoms with Gasteiger partial charge in [0.05, 0.1) is 13.2 Å². The van der Waals surface area contributed by atoms with Crippen molar-refractivity contribution >= 4 is 17.2 Å². The molecule has 2 aliphatic rings. The van der Waals surface area contributed by atoms with Crippen molar-refractivity contribution in [1.29, 1.82) is 0 Å². The molecule has 7 heteroatoms. The van der Waals surface area contributed by atoms with Gasteiger partial charge in [-0.2, -0.15) is 5.10 Å². The second kappa shape index (κ2) is 9.76. The third kappa shape index (κ3) is 5.60. The Kier molecular flexibility index (Phi) is 6.87. The molecule has 1 aromatic carbocycles. The molecule has 0 aliphatic carbocycles. The Morgan fingerprint density at radius 2 is 2.17 bits per heavy atom. The molecule has 1 saturated heterocycles. The van der Waals surface area contributed by atoms with Crippen LogP contribution in [0.3, 0.4) is 0 Å². The lowest BCUT2D eigenvalue weighted by Crippen LogP contribution is -2.40. The summed E-state index contributed by atoms with van der Waals surface area (Å²) in [6, 6.07) is 7.80. The van der Waals surface area contributed by atoms with E-state index in [1.54, 1.807) is 6.07 Å². The average molecular weight is 418 g/mol. The van der Waals surface area contributed by atoms with Crippen LogP contribution in [0.2, 0.25) is 5.02 Å². The zero-order chi connectivity index (χ0) is 20.1. The monoisotopic (exact) mass is 417 g/mol. The fraction of sp³-hybridized carbons (Fsp3) is 0.500. The van der Waals surface area contributed by atoms with Crippen LogP contribution in [0.15, 0.2) is 36.5 Å². The van der Waals surface area contributed by atoms with E-state index in [-0.39, 0.29) is 6.61 Å². The van der Waals surface area contributed by atoms with E-state index in [0.717, 1.165) is 44.5 Å². The molecule has 0 amide bonds. The molecule has 2 aromatic rings. The summed E-state index contributed by atoms with van der Waals surface area (Å²) < 4.78 is 11.2. The first-order chi connectivity index (χ1) is 14.2. The summed E-state index contributed by atoms with van der Waals surface area (Å²) in [6.45, 7) is 4.17. The van der Waals surface area contributed by atoms with E-state index in [0.29, 0.717) is 29.8 Å². The van der Waals surface area contributed by atoms with Crippen LogP contribution < -0.4 is 4.74 Å². The topological polar surface area (TPSA) is 70.6 Å². The Balaban J connectivity index is 1.26. The number of rotatable bonds is 7. The van der Waals surface area contributed by atoms with Gasteiger partial charge in [-0.25, -0.2) is 0 Å². The summed E-state index contributed by atoms with van der Waals surface area (Å²) in [6.07, 6.45) is 6.38. The summed E-state index contributed by atoms with van der Waals surface area (Å²) in [4.78, 5) is 2.30. The summed E-state index contributed by atoms with van der Waals surface area (Å²) in [5.74, 6) is 1.23. The van der Waals surface area contributed by atoms with E-state index in [1.165, 1.54) is 11.3 Å². The van der Waals surface area contributed by atoms with Crippen molar-refractivity contribution in [3.8, 4) is 5.75 Å². The highest BCUT2D eigenvalue weighted by Gasteiger charge is 2.23. The Morgan fingerprint density at radius 3 is 2.90 bits per heavy atom. The lowest BCUT2D eigenvalue weighted by molar-refractivity contribution is 0.0592. The van der Waals surface area contributed by atoms with Crippen molar-refractivity contribution in [2.45, 2.75) is 31.3 Å². The summed E-state index contributed by atoms with van der Waals surface area (Å²) in [7, 11) is 0. The predicted octanol–water partition coefficient (Wildman–Crippen LogP) is 3.49. The number of piperidine rings is 1. The highest BCUT2D eigenvalue weighted by atomic mass is 35.5. The van der Waals surface area contributed by atoms with E-state index < -0.39 is 6.10 Å². The number of β-amino-alcohol motifs (C(OH)–C–C–N with tert-alkyl or cyclic N) is 1. The fourth-order valence-electron chi connectivity index (χ4n) is 4.08. The molecule has 3 heterocycles. The van der Waals surface area contributed by atoms with Gasteiger partial charge < -0.3 is 19.5 Å². The first kappa shape index (κ1) is 20.4. The van der Waals surface area contributed by atoms with Gasteiger partial charge in [-0.15, -0.1) is 0 Å². The molecular formula is C22H28ClN3O3. The molecule has 1 atom stereocenters. The highest BCUT2D eigenvalue weighted by molar-refractivity contribution is 6.30. The lowest BCUT2D eigenvalue weighted by atomic mass is 9.93. The minimum Gasteiger partial charge on any atom is -0.491 e. The smallest absolute Gasteiger partial charge is 0.121 e. The number of ether oxygens (including phenoxy) is 2. The van der Waals surface area contributed by atoms with E-state index in [9.17, 15) is 5.11 Å². The second-order valence-corrected chi connectivity index (χ2v) is 8.22. The molecule has 0 spiro atoms. The average Bonchev–Trinajstić information content (AvgIpc) is 3.28. The van der Waals surface area contributed by atoms with Gasteiger partial charge in [0.2, 0.25) is 0 Å². The Labute approximate surface area is 176 Å². The number of aliphatic hydroxyl groups is 1. The lowest BCUT2D eigenvalue weighted by Gasteiger charge is -2.32. The van der Waals surface area contributed by atoms with E-state index in [2.05, 4.69) is 27.2 Å². The summed E-state index contributed by atoms with van der Waals surface area (Å²) in [5.41, 5.74) is 3.50. The molecule has 1 fully saturated rings. The maximum Gasteiger partial charge on any atom is 0.121 e. The number of aromatic nitrogens is 2. The van der Waals surface area contributed by atoms with Crippen LogP contribution in [0.1, 0.15) is 36.4 Å². The van der Waals surface area contributed by atoms with Gasteiger partial charge in [0, 0.05) is 29.4 Å². The molecule has 0 saturated carbocycles. The molecule has 156 valence electrons. The van der Waals surface area contributed by atoms with Crippen LogP contribution in [0.4, 0.5) is 0 Å². The van der Waals surface area contributed by atoms with Crippen LogP contribution in [0.25, 0.3) is 5.57 Å². The number of halogens is 1. The number of nitrogens with zero attached hydrogens (tertiary/aromatic N) is 2. The van der Waals surface area contributed by atoms with Gasteiger partial charge in [-0.3, -0.25) is 5.10 Å². The van der Waals surface area contributed by atoms with Crippen LogP contribution in [0.5, 0.6) is 5.75 Å². The Morgan fingerprint density at radius 1 is 1.31 bits per heavy atom. The number of hydrogen-bond acceptors (Lipinski definition) is 5. The maximum absolute atomic E-state index is 10.5. The molecule has 0 radical (unpaired) electrons. The van der Waals surface area contributed by atoms with Gasteiger partial charge in [-0.1, -0.05) is 17.7 Å². The quantitative estimate of drug-likeness (QED) is 0.721. The largest absolute Gasteiger partial charge is 0.491 e. The first-order valence-electron chi connectivity index (χ1n) is 10.3. The molecule has 29 heavy (non-hydrogen) atoms. The molecule has 2 N–H and O–H groups in total. The van der Waals surface area contributed by atoms with Crippen molar-refractivity contribution < 1.29 is 14.6 Å². The number of hydrogen-bond donors (Lipinski definition) is 2. The van der Waals surface area contributed by atoms with E-state index in [4.69, 9.17) is 21.1 Å². The van der Waals surface area contributed by atoms with Crippen molar-refractivity contribution in [3.63, 3.8) is 0 Å². The maximum atomic E-state index is 10.5. The number of nitrogens with one attached hydrogen (secondary N) is 1. The number of likely N-dealkylation sites (tertiary alicyclic amines) is 1. The Hall–Kier alpha value is -1.86. The van der Waals surface area contributed by atoms with Crippen molar-refractivity contribution in [2.24, 2.45) is 0 Å². The zero-order valence-electron chi connectivity index (χ0n) is 16.5. The number of aromatic amines is 1. The molecule has 0 bridgehead atoms. The molecule has 6 nitrogen and oxygen atoms in total. The van der Waals surface area contributed by atoms with Crippen LogP contribution >= 0.6 is 11.6 Å². The third-order valence-corrected chi connectivity index (χ3v) is 5.88. The SMILES string of the molecule is OC(COc1cc(Cl)cc(C2=CCOCC2)c1)CN1CCC(c2ccn[nH]2)CC1. The van der Waals surface area contributed by atoms with Gasteiger partial charge in [0.1, 0.15) is 18.5 Å². The molecule has 2 aliphatic heterocycles. The van der Waals surface area contributed by atoms with Crippen LogP contribution in [-0.2, 0) is 4.74 Å². The van der Waals surface area contributed by atoms with Crippen molar-refractivity contribution in [2.75, 3.05) is 39.5 Å². The Bertz CT molecular complexity index is 817. The molecule has 1 aromatic heterocycles. The zero-order valence-corrected chi connectivity index (χ0v) is 17.3. The van der Waals surface area contributed by atoms with Gasteiger partial charge in [-0.05, 0) is 67.8 Å². The van der Waals surface area contributed by atoms with Gasteiger partial charge >= 0.3 is 0 Å².